The average molecular weight is 383 g/mol. The van der Waals surface area contributed by atoms with Crippen molar-refractivity contribution in [3.05, 3.63) is 65.5 Å². The summed E-state index contributed by atoms with van der Waals surface area (Å²) >= 11 is 0. The van der Waals surface area contributed by atoms with Crippen molar-refractivity contribution in [2.24, 2.45) is 0 Å². The summed E-state index contributed by atoms with van der Waals surface area (Å²) < 4.78 is 12.9. The van der Waals surface area contributed by atoms with Crippen LogP contribution in [0.5, 0.6) is 0 Å². The second kappa shape index (κ2) is 9.35. The smallest absolute Gasteiger partial charge is 0.251 e. The third-order valence-electron chi connectivity index (χ3n) is 5.03. The zero-order chi connectivity index (χ0) is 19.9. The van der Waals surface area contributed by atoms with E-state index in [9.17, 15) is 14.0 Å². The van der Waals surface area contributed by atoms with Crippen LogP contribution in [0.2, 0.25) is 0 Å². The van der Waals surface area contributed by atoms with E-state index in [-0.39, 0.29) is 12.5 Å². The number of amides is 2. The van der Waals surface area contributed by atoms with Crippen molar-refractivity contribution in [3.63, 3.8) is 0 Å². The molecule has 5 nitrogen and oxygen atoms in total. The Labute approximate surface area is 165 Å². The molecule has 1 fully saturated rings. The van der Waals surface area contributed by atoms with Gasteiger partial charge < -0.3 is 15.1 Å². The number of halogens is 1. The van der Waals surface area contributed by atoms with E-state index in [1.807, 2.05) is 18.2 Å². The Bertz CT molecular complexity index is 817. The lowest BCUT2D eigenvalue weighted by molar-refractivity contribution is -0.129. The van der Waals surface area contributed by atoms with Crippen LogP contribution in [0.3, 0.4) is 0 Å². The molecule has 0 bridgehead atoms. The quantitative estimate of drug-likeness (QED) is 0.833. The van der Waals surface area contributed by atoms with Gasteiger partial charge in [-0.2, -0.15) is 0 Å². The van der Waals surface area contributed by atoms with Crippen LogP contribution in [0.15, 0.2) is 48.5 Å². The van der Waals surface area contributed by atoms with Gasteiger partial charge in [0.1, 0.15) is 5.82 Å². The topological polar surface area (TPSA) is 52.6 Å². The van der Waals surface area contributed by atoms with Crippen molar-refractivity contribution in [1.29, 1.82) is 0 Å². The summed E-state index contributed by atoms with van der Waals surface area (Å²) in [6.45, 7) is 2.47. The van der Waals surface area contributed by atoms with E-state index in [0.29, 0.717) is 12.1 Å². The first-order chi connectivity index (χ1) is 13.5. The summed E-state index contributed by atoms with van der Waals surface area (Å²) in [5.41, 5.74) is 2.61. The Balaban J connectivity index is 1.57. The van der Waals surface area contributed by atoms with Crippen LogP contribution >= 0.6 is 0 Å². The number of para-hydroxylation sites is 1. The number of anilines is 1. The molecule has 0 aliphatic carbocycles. The molecule has 2 aromatic rings. The molecular weight excluding hydrogens is 357 g/mol. The largest absolute Gasteiger partial charge is 0.371 e. The zero-order valence-corrected chi connectivity index (χ0v) is 16.2. The average Bonchev–Trinajstić information content (AvgIpc) is 2.73. The highest BCUT2D eigenvalue weighted by Gasteiger charge is 2.17. The third kappa shape index (κ3) is 5.09. The Hall–Kier alpha value is -2.89. The second-order valence-electron chi connectivity index (χ2n) is 7.12. The molecule has 0 radical (unpaired) electrons. The van der Waals surface area contributed by atoms with Gasteiger partial charge in [-0.3, -0.25) is 9.59 Å². The van der Waals surface area contributed by atoms with Gasteiger partial charge >= 0.3 is 0 Å². The van der Waals surface area contributed by atoms with E-state index in [1.54, 1.807) is 11.9 Å². The number of nitrogens with zero attached hydrogens (tertiary/aromatic N) is 2. The maximum absolute atomic E-state index is 12.9. The fourth-order valence-electron chi connectivity index (χ4n) is 3.43. The van der Waals surface area contributed by atoms with Gasteiger partial charge in [-0.25, -0.2) is 4.39 Å². The molecule has 6 heteroatoms. The molecule has 0 spiro atoms. The lowest BCUT2D eigenvalue weighted by Gasteiger charge is -2.31. The van der Waals surface area contributed by atoms with E-state index >= 15 is 0 Å². The van der Waals surface area contributed by atoms with E-state index in [2.05, 4.69) is 16.3 Å². The zero-order valence-electron chi connectivity index (χ0n) is 16.2. The highest BCUT2D eigenvalue weighted by atomic mass is 19.1. The number of rotatable bonds is 6. The first-order valence-corrected chi connectivity index (χ1v) is 9.65. The number of likely N-dealkylation sites (N-methyl/N-ethyl adjacent to an activating group) is 1. The molecule has 0 saturated carbocycles. The first-order valence-electron chi connectivity index (χ1n) is 9.65. The summed E-state index contributed by atoms with van der Waals surface area (Å²) in [5, 5.41) is 2.60. The summed E-state index contributed by atoms with van der Waals surface area (Å²) in [4.78, 5) is 28.6. The van der Waals surface area contributed by atoms with Crippen molar-refractivity contribution in [3.8, 4) is 0 Å². The molecule has 0 unspecified atom stereocenters. The summed E-state index contributed by atoms with van der Waals surface area (Å²) in [6.07, 6.45) is 3.65. The van der Waals surface area contributed by atoms with E-state index in [1.165, 1.54) is 49.2 Å². The Kier molecular flexibility index (Phi) is 6.63. The molecule has 1 saturated heterocycles. The maximum Gasteiger partial charge on any atom is 0.251 e. The fraction of sp³-hybridized carbons (Fsp3) is 0.364. The Morgan fingerprint density at radius 1 is 1.04 bits per heavy atom. The van der Waals surface area contributed by atoms with Crippen LogP contribution in [0.25, 0.3) is 0 Å². The van der Waals surface area contributed by atoms with Crippen LogP contribution in [0.4, 0.5) is 10.1 Å². The van der Waals surface area contributed by atoms with Crippen molar-refractivity contribution >= 4 is 17.5 Å². The molecule has 0 atom stereocenters. The van der Waals surface area contributed by atoms with Crippen molar-refractivity contribution in [2.75, 3.05) is 31.6 Å². The van der Waals surface area contributed by atoms with E-state index < -0.39 is 11.7 Å². The van der Waals surface area contributed by atoms with Gasteiger partial charge in [-0.05, 0) is 55.2 Å². The van der Waals surface area contributed by atoms with Gasteiger partial charge in [0.15, 0.2) is 0 Å². The molecular formula is C22H26FN3O2. The highest BCUT2D eigenvalue weighted by molar-refractivity contribution is 5.96. The van der Waals surface area contributed by atoms with Gasteiger partial charge in [0.25, 0.3) is 5.91 Å². The Morgan fingerprint density at radius 3 is 2.43 bits per heavy atom. The molecule has 0 aromatic heterocycles. The van der Waals surface area contributed by atoms with Gasteiger partial charge in [-0.1, -0.05) is 18.2 Å². The number of piperidine rings is 1. The van der Waals surface area contributed by atoms with Gasteiger partial charge in [-0.15, -0.1) is 0 Å². The van der Waals surface area contributed by atoms with E-state index in [4.69, 9.17) is 0 Å². The number of carbonyl (C=O) groups is 2. The van der Waals surface area contributed by atoms with Crippen molar-refractivity contribution in [2.45, 2.75) is 25.8 Å². The maximum atomic E-state index is 12.9. The molecule has 148 valence electrons. The van der Waals surface area contributed by atoms with Gasteiger partial charge in [0, 0.05) is 37.9 Å². The molecule has 2 aromatic carbocycles. The van der Waals surface area contributed by atoms with Crippen LogP contribution in [0.1, 0.15) is 35.2 Å². The predicted octanol–water partition coefficient (Wildman–Crippen LogP) is 3.20. The second-order valence-corrected chi connectivity index (χ2v) is 7.12. The number of hydrogen-bond donors (Lipinski definition) is 1. The highest BCUT2D eigenvalue weighted by Crippen LogP contribution is 2.25. The molecule has 1 aliphatic rings. The van der Waals surface area contributed by atoms with Crippen LogP contribution in [-0.4, -0.2) is 43.4 Å². The number of benzene rings is 2. The molecule has 1 aliphatic heterocycles. The van der Waals surface area contributed by atoms with Gasteiger partial charge in [0.05, 0.1) is 6.54 Å². The normalized spacial score (nSPS) is 13.9. The van der Waals surface area contributed by atoms with E-state index in [0.717, 1.165) is 18.7 Å². The van der Waals surface area contributed by atoms with Crippen molar-refractivity contribution < 1.29 is 14.0 Å². The molecule has 3 rings (SSSR count). The lowest BCUT2D eigenvalue weighted by Crippen LogP contribution is -2.38. The molecule has 2 amide bonds. The minimum atomic E-state index is -0.403. The molecule has 1 heterocycles. The van der Waals surface area contributed by atoms with Crippen LogP contribution < -0.4 is 10.2 Å². The lowest BCUT2D eigenvalue weighted by atomic mass is 10.1. The molecule has 1 N–H and O–H groups in total. The van der Waals surface area contributed by atoms with Crippen molar-refractivity contribution in [1.82, 2.24) is 10.2 Å². The summed E-state index contributed by atoms with van der Waals surface area (Å²) in [7, 11) is 1.74. The minimum Gasteiger partial charge on any atom is -0.371 e. The minimum absolute atomic E-state index is 0.0986. The summed E-state index contributed by atoms with van der Waals surface area (Å²) in [5.74, 6) is -0.973. The third-order valence-corrected chi connectivity index (χ3v) is 5.03. The predicted molar refractivity (Wildman–Crippen MR) is 108 cm³/mol. The number of nitrogens with one attached hydrogen (secondary N) is 1. The monoisotopic (exact) mass is 383 g/mol. The molecule has 28 heavy (non-hydrogen) atoms. The van der Waals surface area contributed by atoms with Crippen LogP contribution in [0, 0.1) is 5.82 Å². The Morgan fingerprint density at radius 2 is 1.71 bits per heavy atom. The SMILES string of the molecule is CN(Cc1ccccc1N1CCCCC1)C(=O)CNC(=O)c1ccc(F)cc1. The van der Waals surface area contributed by atoms with Crippen LogP contribution in [-0.2, 0) is 11.3 Å². The standard InChI is InChI=1S/C22H26FN3O2/c1-25(21(27)15-24-22(28)17-9-11-19(23)12-10-17)16-18-7-3-4-8-20(18)26-13-5-2-6-14-26/h3-4,7-12H,2,5-6,13-16H2,1H3,(H,24,28). The van der Waals surface area contributed by atoms with Gasteiger partial charge in [0.2, 0.25) is 5.91 Å². The fourth-order valence-corrected chi connectivity index (χ4v) is 3.43. The number of hydrogen-bond acceptors (Lipinski definition) is 3. The number of carbonyl (C=O) groups excluding carboxylic acids is 2. The first kappa shape index (κ1) is 19.9. The summed E-state index contributed by atoms with van der Waals surface area (Å²) in [6, 6.07) is 13.4.